The molecule has 0 radical (unpaired) electrons. The Morgan fingerprint density at radius 1 is 1.59 bits per heavy atom. The molecule has 118 valence electrons. The van der Waals surface area contributed by atoms with Crippen LogP contribution in [0.15, 0.2) is 12.3 Å². The van der Waals surface area contributed by atoms with E-state index in [1.807, 2.05) is 6.07 Å². The van der Waals surface area contributed by atoms with Gasteiger partial charge in [0.25, 0.3) is 5.91 Å². The average molecular weight is 304 g/mol. The van der Waals surface area contributed by atoms with Crippen LogP contribution in [-0.2, 0) is 0 Å². The number of fused-ring (bicyclic) bond motifs is 1. The fourth-order valence-electron chi connectivity index (χ4n) is 2.73. The van der Waals surface area contributed by atoms with Crippen molar-refractivity contribution in [1.29, 1.82) is 0 Å². The Labute approximate surface area is 127 Å². The summed E-state index contributed by atoms with van der Waals surface area (Å²) in [6, 6.07) is 1.88. The smallest absolute Gasteiger partial charge is 0.259 e. The molecule has 1 aliphatic rings. The molecule has 0 aliphatic carbocycles. The SMILES string of the molecule is CC1CCN(c2ccn3nc(N)c(C(=O)NCCO)c3n2)C1. The monoisotopic (exact) mass is 304 g/mol. The van der Waals surface area contributed by atoms with Crippen LogP contribution in [0.3, 0.4) is 0 Å². The number of hydrogen-bond donors (Lipinski definition) is 3. The average Bonchev–Trinajstić information content (AvgIpc) is 3.06. The van der Waals surface area contributed by atoms with Crippen molar-refractivity contribution in [1.82, 2.24) is 19.9 Å². The Bertz CT molecular complexity index is 698. The molecular weight excluding hydrogens is 284 g/mol. The lowest BCUT2D eigenvalue weighted by Gasteiger charge is -2.16. The van der Waals surface area contributed by atoms with E-state index < -0.39 is 0 Å². The Hall–Kier alpha value is -2.35. The molecule has 2 aromatic heterocycles. The Morgan fingerprint density at radius 2 is 2.41 bits per heavy atom. The highest BCUT2D eigenvalue weighted by molar-refractivity contribution is 6.04. The van der Waals surface area contributed by atoms with E-state index in [0.717, 1.165) is 25.3 Å². The van der Waals surface area contributed by atoms with Crippen molar-refractivity contribution in [3.8, 4) is 0 Å². The van der Waals surface area contributed by atoms with E-state index in [-0.39, 0.29) is 30.4 Å². The summed E-state index contributed by atoms with van der Waals surface area (Å²) in [7, 11) is 0. The molecule has 1 saturated heterocycles. The number of hydrogen-bond acceptors (Lipinski definition) is 6. The standard InChI is InChI=1S/C14H20N6O2/c1-9-2-5-19(8-9)10-3-6-20-13(17-10)11(12(15)18-20)14(22)16-4-7-21/h3,6,9,21H,2,4-5,7-8H2,1H3,(H2,15,18)(H,16,22). The normalized spacial score (nSPS) is 18.1. The van der Waals surface area contributed by atoms with Gasteiger partial charge in [0, 0.05) is 25.8 Å². The quantitative estimate of drug-likeness (QED) is 0.726. The van der Waals surface area contributed by atoms with Crippen LogP contribution in [-0.4, -0.2) is 51.9 Å². The highest BCUT2D eigenvalue weighted by atomic mass is 16.3. The van der Waals surface area contributed by atoms with Crippen LogP contribution in [0.2, 0.25) is 0 Å². The zero-order valence-electron chi connectivity index (χ0n) is 12.5. The van der Waals surface area contributed by atoms with E-state index in [2.05, 4.69) is 27.2 Å². The highest BCUT2D eigenvalue weighted by Gasteiger charge is 2.23. The van der Waals surface area contributed by atoms with Gasteiger partial charge in [-0.1, -0.05) is 6.92 Å². The molecule has 1 atom stereocenters. The molecule has 1 unspecified atom stereocenters. The van der Waals surface area contributed by atoms with Gasteiger partial charge >= 0.3 is 0 Å². The fourth-order valence-corrected chi connectivity index (χ4v) is 2.73. The minimum absolute atomic E-state index is 0.130. The Balaban J connectivity index is 1.97. The lowest BCUT2D eigenvalue weighted by Crippen LogP contribution is -2.27. The molecule has 22 heavy (non-hydrogen) atoms. The second kappa shape index (κ2) is 5.80. The van der Waals surface area contributed by atoms with Gasteiger partial charge in [0.1, 0.15) is 11.4 Å². The first-order chi connectivity index (χ1) is 10.6. The number of nitrogen functional groups attached to an aromatic ring is 1. The summed E-state index contributed by atoms with van der Waals surface area (Å²) in [5.74, 6) is 1.23. The molecule has 4 N–H and O–H groups in total. The van der Waals surface area contributed by atoms with Crippen LogP contribution in [0.25, 0.3) is 5.65 Å². The van der Waals surface area contributed by atoms with Gasteiger partial charge in [-0.05, 0) is 18.4 Å². The van der Waals surface area contributed by atoms with Gasteiger partial charge in [-0.15, -0.1) is 5.10 Å². The maximum atomic E-state index is 12.2. The van der Waals surface area contributed by atoms with E-state index in [1.165, 1.54) is 4.52 Å². The van der Waals surface area contributed by atoms with E-state index in [4.69, 9.17) is 10.8 Å². The predicted molar refractivity (Wildman–Crippen MR) is 82.8 cm³/mol. The molecule has 0 bridgehead atoms. The largest absolute Gasteiger partial charge is 0.395 e. The molecule has 8 heteroatoms. The van der Waals surface area contributed by atoms with Crippen molar-refractivity contribution in [3.05, 3.63) is 17.8 Å². The van der Waals surface area contributed by atoms with E-state index >= 15 is 0 Å². The minimum atomic E-state index is -0.374. The molecule has 0 spiro atoms. The summed E-state index contributed by atoms with van der Waals surface area (Å²) in [6.45, 7) is 4.16. The Morgan fingerprint density at radius 3 is 3.09 bits per heavy atom. The molecule has 3 rings (SSSR count). The lowest BCUT2D eigenvalue weighted by molar-refractivity contribution is 0.0947. The molecule has 0 aromatic carbocycles. The van der Waals surface area contributed by atoms with Crippen molar-refractivity contribution in [2.45, 2.75) is 13.3 Å². The molecule has 8 nitrogen and oxygen atoms in total. The topological polar surface area (TPSA) is 109 Å². The predicted octanol–water partition coefficient (Wildman–Crippen LogP) is -0.120. The number of nitrogens with one attached hydrogen (secondary N) is 1. The molecule has 0 saturated carbocycles. The van der Waals surface area contributed by atoms with Gasteiger partial charge in [-0.25, -0.2) is 9.50 Å². The number of amides is 1. The third kappa shape index (κ3) is 2.57. The number of nitrogens with two attached hydrogens (primary N) is 1. The second-order valence-corrected chi connectivity index (χ2v) is 5.63. The number of carbonyl (C=O) groups is 1. The Kier molecular flexibility index (Phi) is 3.84. The molecule has 2 aromatic rings. The maximum absolute atomic E-state index is 12.2. The summed E-state index contributed by atoms with van der Waals surface area (Å²) < 4.78 is 1.51. The lowest BCUT2D eigenvalue weighted by atomic mass is 10.2. The van der Waals surface area contributed by atoms with Gasteiger partial charge in [0.15, 0.2) is 11.5 Å². The summed E-state index contributed by atoms with van der Waals surface area (Å²) in [5.41, 5.74) is 6.53. The van der Waals surface area contributed by atoms with Gasteiger partial charge in [0.2, 0.25) is 0 Å². The van der Waals surface area contributed by atoms with Crippen LogP contribution in [0.4, 0.5) is 11.6 Å². The number of aliphatic hydroxyl groups is 1. The first-order valence-electron chi connectivity index (χ1n) is 7.39. The van der Waals surface area contributed by atoms with Crippen LogP contribution in [0.5, 0.6) is 0 Å². The molecule has 1 fully saturated rings. The minimum Gasteiger partial charge on any atom is -0.395 e. The molecule has 3 heterocycles. The number of aliphatic hydroxyl groups excluding tert-OH is 1. The van der Waals surface area contributed by atoms with E-state index in [1.54, 1.807) is 6.20 Å². The van der Waals surface area contributed by atoms with Crippen molar-refractivity contribution in [2.75, 3.05) is 36.9 Å². The van der Waals surface area contributed by atoms with Crippen LogP contribution in [0.1, 0.15) is 23.7 Å². The molecular formula is C14H20N6O2. The van der Waals surface area contributed by atoms with Crippen molar-refractivity contribution in [3.63, 3.8) is 0 Å². The van der Waals surface area contributed by atoms with E-state index in [9.17, 15) is 4.79 Å². The molecule has 1 amide bonds. The number of carbonyl (C=O) groups excluding carboxylic acids is 1. The van der Waals surface area contributed by atoms with Gasteiger partial charge in [-0.2, -0.15) is 0 Å². The van der Waals surface area contributed by atoms with Crippen LogP contribution in [0, 0.1) is 5.92 Å². The van der Waals surface area contributed by atoms with Gasteiger partial charge in [-0.3, -0.25) is 4.79 Å². The molecule has 1 aliphatic heterocycles. The third-order valence-corrected chi connectivity index (χ3v) is 3.87. The summed E-state index contributed by atoms with van der Waals surface area (Å²) in [6.07, 6.45) is 2.90. The van der Waals surface area contributed by atoms with Crippen LogP contribution >= 0.6 is 0 Å². The third-order valence-electron chi connectivity index (χ3n) is 3.87. The number of anilines is 2. The van der Waals surface area contributed by atoms with Crippen molar-refractivity contribution >= 4 is 23.2 Å². The summed E-state index contributed by atoms with van der Waals surface area (Å²) >= 11 is 0. The summed E-state index contributed by atoms with van der Waals surface area (Å²) in [5, 5.41) is 15.5. The number of aromatic nitrogens is 3. The van der Waals surface area contributed by atoms with Crippen molar-refractivity contribution in [2.24, 2.45) is 5.92 Å². The van der Waals surface area contributed by atoms with E-state index in [0.29, 0.717) is 11.6 Å². The maximum Gasteiger partial charge on any atom is 0.259 e. The number of rotatable bonds is 4. The second-order valence-electron chi connectivity index (χ2n) is 5.63. The van der Waals surface area contributed by atoms with Gasteiger partial charge in [0.05, 0.1) is 6.61 Å². The first kappa shape index (κ1) is 14.6. The zero-order valence-corrected chi connectivity index (χ0v) is 12.5. The first-order valence-corrected chi connectivity index (χ1v) is 7.39. The number of nitrogens with zero attached hydrogens (tertiary/aromatic N) is 4. The fraction of sp³-hybridized carbons (Fsp3) is 0.500. The summed E-state index contributed by atoms with van der Waals surface area (Å²) in [4.78, 5) is 18.9. The van der Waals surface area contributed by atoms with Gasteiger partial charge < -0.3 is 21.1 Å². The highest BCUT2D eigenvalue weighted by Crippen LogP contribution is 2.24. The van der Waals surface area contributed by atoms with Crippen molar-refractivity contribution < 1.29 is 9.90 Å². The van der Waals surface area contributed by atoms with Crippen LogP contribution < -0.4 is 16.0 Å². The zero-order chi connectivity index (χ0) is 15.7.